The number of nitrogens with one attached hydrogen (secondary N) is 1. The molecule has 168 valence electrons. The Hall–Kier alpha value is -3.44. The lowest BCUT2D eigenvalue weighted by molar-refractivity contribution is -0.384. The molecule has 0 aromatic heterocycles. The van der Waals surface area contributed by atoms with Crippen LogP contribution in [-0.4, -0.2) is 20.5 Å². The van der Waals surface area contributed by atoms with Crippen molar-refractivity contribution in [2.75, 3.05) is 7.11 Å². The van der Waals surface area contributed by atoms with E-state index >= 15 is 0 Å². The van der Waals surface area contributed by atoms with Crippen LogP contribution in [0.25, 0.3) is 0 Å². The molecule has 0 aliphatic heterocycles. The van der Waals surface area contributed by atoms with E-state index in [1.54, 1.807) is 24.3 Å². The number of hydrogen-bond acceptors (Lipinski definition) is 5. The lowest BCUT2D eigenvalue weighted by Crippen LogP contribution is -2.29. The quantitative estimate of drug-likeness (QED) is 0.402. The number of methoxy groups -OCH3 is 1. The molecule has 32 heavy (non-hydrogen) atoms. The van der Waals surface area contributed by atoms with Crippen molar-refractivity contribution in [2.45, 2.75) is 17.1 Å². The van der Waals surface area contributed by atoms with Crippen molar-refractivity contribution in [3.05, 3.63) is 99.6 Å². The molecule has 0 amide bonds. The van der Waals surface area contributed by atoms with Gasteiger partial charge in [-0.1, -0.05) is 24.3 Å². The Labute approximate surface area is 181 Å². The molecular formula is C21H17F3N2O5S. The first-order valence-corrected chi connectivity index (χ1v) is 10.6. The number of non-ortho nitro benzene ring substituents is 1. The molecule has 0 aliphatic rings. The minimum atomic E-state index is -4.54. The fourth-order valence-corrected chi connectivity index (χ4v) is 4.17. The number of halogens is 3. The summed E-state index contributed by atoms with van der Waals surface area (Å²) >= 11 is 0. The molecule has 7 nitrogen and oxygen atoms in total. The van der Waals surface area contributed by atoms with Gasteiger partial charge >= 0.3 is 6.18 Å². The first-order chi connectivity index (χ1) is 15.0. The maximum absolute atomic E-state index is 12.9. The topological polar surface area (TPSA) is 98.5 Å². The molecule has 0 saturated heterocycles. The summed E-state index contributed by atoms with van der Waals surface area (Å²) in [5, 5.41) is 10.8. The van der Waals surface area contributed by atoms with E-state index in [0.717, 1.165) is 36.4 Å². The number of hydrogen-bond donors (Lipinski definition) is 1. The van der Waals surface area contributed by atoms with E-state index in [1.165, 1.54) is 19.2 Å². The summed E-state index contributed by atoms with van der Waals surface area (Å²) in [5.41, 5.74) is -0.420. The van der Waals surface area contributed by atoms with Crippen molar-refractivity contribution in [2.24, 2.45) is 0 Å². The third kappa shape index (κ3) is 5.24. The van der Waals surface area contributed by atoms with Crippen LogP contribution in [0, 0.1) is 10.1 Å². The largest absolute Gasteiger partial charge is 0.497 e. The van der Waals surface area contributed by atoms with Gasteiger partial charge in [-0.15, -0.1) is 0 Å². The fraction of sp³-hybridized carbons (Fsp3) is 0.143. The van der Waals surface area contributed by atoms with Crippen LogP contribution in [-0.2, 0) is 16.2 Å². The van der Waals surface area contributed by atoms with Crippen LogP contribution < -0.4 is 9.46 Å². The molecule has 1 N–H and O–H groups in total. The zero-order chi connectivity index (χ0) is 23.5. The number of benzene rings is 3. The summed E-state index contributed by atoms with van der Waals surface area (Å²) in [6, 6.07) is 13.7. The highest BCUT2D eigenvalue weighted by atomic mass is 32.2. The average Bonchev–Trinajstić information content (AvgIpc) is 2.77. The summed E-state index contributed by atoms with van der Waals surface area (Å²) in [5.74, 6) is 0.512. The molecule has 0 radical (unpaired) electrons. The van der Waals surface area contributed by atoms with Crippen molar-refractivity contribution in [1.82, 2.24) is 4.72 Å². The minimum Gasteiger partial charge on any atom is -0.497 e. The maximum atomic E-state index is 12.9. The monoisotopic (exact) mass is 466 g/mol. The molecule has 0 bridgehead atoms. The standard InChI is InChI=1S/C21H17F3N2O5S/c1-31-18-10-4-15(5-11-18)20(14-2-6-16(7-3-14)21(22,23)24)25-32(29,30)19-12-8-17(9-13-19)26(27)28/h2-13,20,25H,1H3. The lowest BCUT2D eigenvalue weighted by atomic mass is 9.98. The van der Waals surface area contributed by atoms with Crippen LogP contribution in [0.15, 0.2) is 77.7 Å². The van der Waals surface area contributed by atoms with Crippen molar-refractivity contribution in [3.63, 3.8) is 0 Å². The predicted molar refractivity (Wildman–Crippen MR) is 110 cm³/mol. The van der Waals surface area contributed by atoms with Crippen LogP contribution in [0.3, 0.4) is 0 Å². The van der Waals surface area contributed by atoms with E-state index in [1.807, 2.05) is 0 Å². The van der Waals surface area contributed by atoms with E-state index in [4.69, 9.17) is 4.74 Å². The van der Waals surface area contributed by atoms with Gasteiger partial charge in [0, 0.05) is 12.1 Å². The second kappa shape index (κ2) is 8.97. The third-order valence-corrected chi connectivity index (χ3v) is 6.09. The smallest absolute Gasteiger partial charge is 0.416 e. The highest BCUT2D eigenvalue weighted by molar-refractivity contribution is 7.89. The Morgan fingerprint density at radius 2 is 1.41 bits per heavy atom. The van der Waals surface area contributed by atoms with Gasteiger partial charge in [-0.25, -0.2) is 8.42 Å². The second-order valence-electron chi connectivity index (χ2n) is 6.70. The summed E-state index contributed by atoms with van der Waals surface area (Å²) in [6.45, 7) is 0. The van der Waals surface area contributed by atoms with E-state index in [0.29, 0.717) is 11.3 Å². The van der Waals surface area contributed by atoms with Crippen LogP contribution in [0.2, 0.25) is 0 Å². The Morgan fingerprint density at radius 3 is 1.84 bits per heavy atom. The van der Waals surface area contributed by atoms with E-state index in [2.05, 4.69) is 4.72 Å². The van der Waals surface area contributed by atoms with Gasteiger partial charge in [0.2, 0.25) is 10.0 Å². The number of ether oxygens (including phenoxy) is 1. The Morgan fingerprint density at radius 1 is 0.906 bits per heavy atom. The van der Waals surface area contributed by atoms with E-state index in [9.17, 15) is 31.7 Å². The number of sulfonamides is 1. The fourth-order valence-electron chi connectivity index (χ4n) is 2.96. The first-order valence-electron chi connectivity index (χ1n) is 9.09. The Bertz CT molecular complexity index is 1190. The molecule has 3 aromatic rings. The molecule has 11 heteroatoms. The van der Waals surface area contributed by atoms with Gasteiger partial charge < -0.3 is 4.74 Å². The molecule has 1 atom stereocenters. The van der Waals surface area contributed by atoms with Crippen LogP contribution in [0.5, 0.6) is 5.75 Å². The number of alkyl halides is 3. The van der Waals surface area contributed by atoms with Gasteiger partial charge in [-0.05, 0) is 47.5 Å². The maximum Gasteiger partial charge on any atom is 0.416 e. The van der Waals surface area contributed by atoms with Gasteiger partial charge in [0.05, 0.1) is 28.5 Å². The Balaban J connectivity index is 2.00. The first kappa shape index (κ1) is 23.2. The molecule has 0 saturated carbocycles. The molecule has 0 fully saturated rings. The lowest BCUT2D eigenvalue weighted by Gasteiger charge is -2.21. The van der Waals surface area contributed by atoms with Crippen LogP contribution in [0.1, 0.15) is 22.7 Å². The molecule has 3 aromatic carbocycles. The van der Waals surface area contributed by atoms with Gasteiger partial charge in [0.25, 0.3) is 5.69 Å². The van der Waals surface area contributed by atoms with Crippen molar-refractivity contribution >= 4 is 15.7 Å². The SMILES string of the molecule is COc1ccc(C(NS(=O)(=O)c2ccc([N+](=O)[O-])cc2)c2ccc(C(F)(F)F)cc2)cc1. The number of rotatable bonds is 7. The summed E-state index contributed by atoms with van der Waals surface area (Å²) < 4.78 is 72.2. The van der Waals surface area contributed by atoms with E-state index < -0.39 is 32.7 Å². The summed E-state index contributed by atoms with van der Waals surface area (Å²) in [6.07, 6.45) is -4.54. The second-order valence-corrected chi connectivity index (χ2v) is 8.41. The molecule has 1 unspecified atom stereocenters. The summed E-state index contributed by atoms with van der Waals surface area (Å²) in [4.78, 5) is 9.92. The van der Waals surface area contributed by atoms with Crippen molar-refractivity contribution in [1.29, 1.82) is 0 Å². The normalized spacial score (nSPS) is 12.9. The Kier molecular flexibility index (Phi) is 6.51. The molecule has 0 aliphatic carbocycles. The van der Waals surface area contributed by atoms with E-state index in [-0.39, 0.29) is 16.1 Å². The molecule has 0 heterocycles. The van der Waals surface area contributed by atoms with Gasteiger partial charge in [0.15, 0.2) is 0 Å². The highest BCUT2D eigenvalue weighted by Crippen LogP contribution is 2.32. The van der Waals surface area contributed by atoms with Gasteiger partial charge in [0.1, 0.15) is 5.75 Å². The van der Waals surface area contributed by atoms with Gasteiger partial charge in [-0.2, -0.15) is 17.9 Å². The average molecular weight is 466 g/mol. The zero-order valence-corrected chi connectivity index (χ0v) is 17.4. The van der Waals surface area contributed by atoms with Crippen LogP contribution in [0.4, 0.5) is 18.9 Å². The number of nitro benzene ring substituents is 1. The number of nitro groups is 1. The third-order valence-electron chi connectivity index (χ3n) is 4.65. The number of nitrogens with zero attached hydrogens (tertiary/aromatic N) is 1. The van der Waals surface area contributed by atoms with Crippen molar-refractivity contribution < 1.29 is 31.2 Å². The minimum absolute atomic E-state index is 0.228. The molecular weight excluding hydrogens is 449 g/mol. The predicted octanol–water partition coefficient (Wildman–Crippen LogP) is 4.69. The highest BCUT2D eigenvalue weighted by Gasteiger charge is 2.31. The molecule has 0 spiro atoms. The molecule has 3 rings (SSSR count). The summed E-state index contributed by atoms with van der Waals surface area (Å²) in [7, 11) is -2.72. The zero-order valence-electron chi connectivity index (χ0n) is 16.5. The van der Waals surface area contributed by atoms with Gasteiger partial charge in [-0.3, -0.25) is 10.1 Å². The van der Waals surface area contributed by atoms with Crippen molar-refractivity contribution in [3.8, 4) is 5.75 Å². The van der Waals surface area contributed by atoms with Crippen LogP contribution >= 0.6 is 0 Å².